The molecule has 1 aliphatic carbocycles. The predicted octanol–water partition coefficient (Wildman–Crippen LogP) is 2.62. The van der Waals surface area contributed by atoms with Crippen LogP contribution in [0.5, 0.6) is 0 Å². The number of fused-ring (bicyclic) bond motifs is 1. The summed E-state index contributed by atoms with van der Waals surface area (Å²) in [4.78, 5) is 11.9. The number of aromatic nitrogens is 1. The molecule has 2 aromatic rings. The molecule has 0 saturated heterocycles. The molecule has 7 heteroatoms. The van der Waals surface area contributed by atoms with Crippen LogP contribution in [0.25, 0.3) is 11.1 Å². The molecule has 1 aromatic carbocycles. The Hall–Kier alpha value is -1.60. The average Bonchev–Trinajstić information content (AvgIpc) is 2.66. The Balaban J connectivity index is 1.90. The van der Waals surface area contributed by atoms with E-state index in [0.29, 0.717) is 17.6 Å². The third-order valence-corrected chi connectivity index (χ3v) is 5.96. The number of oxazole rings is 1. The molecule has 1 aliphatic rings. The summed E-state index contributed by atoms with van der Waals surface area (Å²) in [5, 5.41) is 0. The lowest BCUT2D eigenvalue weighted by atomic mass is 10.1. The van der Waals surface area contributed by atoms with Gasteiger partial charge in [-0.1, -0.05) is 25.7 Å². The van der Waals surface area contributed by atoms with Gasteiger partial charge in [0.2, 0.25) is 10.0 Å². The minimum Gasteiger partial charge on any atom is -0.408 e. The second kappa shape index (κ2) is 6.49. The quantitative estimate of drug-likeness (QED) is 0.869. The van der Waals surface area contributed by atoms with E-state index >= 15 is 0 Å². The zero-order valence-corrected chi connectivity index (χ0v) is 14.1. The molecule has 0 radical (unpaired) electrons. The van der Waals surface area contributed by atoms with Crippen LogP contribution in [0.4, 0.5) is 0 Å². The van der Waals surface area contributed by atoms with Crippen LogP contribution < -0.4 is 10.5 Å². The monoisotopic (exact) mass is 338 g/mol. The van der Waals surface area contributed by atoms with Gasteiger partial charge in [-0.15, -0.1) is 0 Å². The summed E-state index contributed by atoms with van der Waals surface area (Å²) >= 11 is 0. The van der Waals surface area contributed by atoms with E-state index in [1.165, 1.54) is 29.5 Å². The van der Waals surface area contributed by atoms with Crippen molar-refractivity contribution in [2.45, 2.75) is 62.9 Å². The van der Waals surface area contributed by atoms with Gasteiger partial charge in [0.25, 0.3) is 0 Å². The highest BCUT2D eigenvalue weighted by Crippen LogP contribution is 2.22. The Morgan fingerprint density at radius 2 is 1.91 bits per heavy atom. The number of hydrogen-bond acceptors (Lipinski definition) is 4. The smallest absolute Gasteiger partial charge is 0.408 e. The van der Waals surface area contributed by atoms with Gasteiger partial charge in [-0.05, 0) is 31.9 Å². The molecule has 23 heavy (non-hydrogen) atoms. The highest BCUT2D eigenvalue weighted by Gasteiger charge is 2.22. The van der Waals surface area contributed by atoms with Crippen molar-refractivity contribution in [1.29, 1.82) is 0 Å². The van der Waals surface area contributed by atoms with Crippen molar-refractivity contribution in [3.63, 3.8) is 0 Å². The van der Waals surface area contributed by atoms with E-state index in [2.05, 4.69) is 4.72 Å². The van der Waals surface area contributed by atoms with E-state index < -0.39 is 15.8 Å². The lowest BCUT2D eigenvalue weighted by Crippen LogP contribution is -2.34. The van der Waals surface area contributed by atoms with E-state index in [9.17, 15) is 13.2 Å². The summed E-state index contributed by atoms with van der Waals surface area (Å²) in [5.41, 5.74) is 0.923. The van der Waals surface area contributed by atoms with Crippen molar-refractivity contribution in [3.8, 4) is 0 Å². The van der Waals surface area contributed by atoms with Gasteiger partial charge in [-0.3, -0.25) is 4.57 Å². The van der Waals surface area contributed by atoms with Crippen LogP contribution in [0.15, 0.2) is 32.3 Å². The maximum atomic E-state index is 12.6. The average molecular weight is 338 g/mol. The van der Waals surface area contributed by atoms with Crippen LogP contribution in [0.1, 0.15) is 45.4 Å². The molecule has 1 fully saturated rings. The number of benzene rings is 1. The van der Waals surface area contributed by atoms with Crippen LogP contribution in [-0.4, -0.2) is 19.0 Å². The fraction of sp³-hybridized carbons (Fsp3) is 0.562. The van der Waals surface area contributed by atoms with Crippen molar-refractivity contribution in [1.82, 2.24) is 9.29 Å². The topological polar surface area (TPSA) is 81.3 Å². The first-order valence-corrected chi connectivity index (χ1v) is 9.65. The number of sulfonamides is 1. The number of hydrogen-bond donors (Lipinski definition) is 1. The van der Waals surface area contributed by atoms with Gasteiger partial charge in [-0.25, -0.2) is 17.9 Å². The second-order valence-corrected chi connectivity index (χ2v) is 7.77. The van der Waals surface area contributed by atoms with E-state index in [1.54, 1.807) is 6.07 Å². The van der Waals surface area contributed by atoms with Gasteiger partial charge in [-0.2, -0.15) is 0 Å². The van der Waals surface area contributed by atoms with Crippen LogP contribution in [-0.2, 0) is 16.6 Å². The van der Waals surface area contributed by atoms with Crippen molar-refractivity contribution >= 4 is 21.1 Å². The van der Waals surface area contributed by atoms with Crippen LogP contribution in [0.3, 0.4) is 0 Å². The molecule has 1 N–H and O–H groups in total. The molecule has 0 aliphatic heterocycles. The lowest BCUT2D eigenvalue weighted by Gasteiger charge is -2.16. The summed E-state index contributed by atoms with van der Waals surface area (Å²) in [7, 11) is -3.60. The Morgan fingerprint density at radius 3 is 2.57 bits per heavy atom. The summed E-state index contributed by atoms with van der Waals surface area (Å²) in [6.45, 7) is 2.33. The Morgan fingerprint density at radius 1 is 1.22 bits per heavy atom. The normalized spacial score (nSPS) is 17.4. The van der Waals surface area contributed by atoms with Gasteiger partial charge in [0.15, 0.2) is 5.58 Å². The molecule has 1 aromatic heterocycles. The van der Waals surface area contributed by atoms with Gasteiger partial charge in [0.1, 0.15) is 0 Å². The van der Waals surface area contributed by atoms with Crippen LogP contribution >= 0.6 is 0 Å². The minimum absolute atomic E-state index is 0.00885. The lowest BCUT2D eigenvalue weighted by molar-refractivity contribution is 0.507. The molecule has 3 rings (SSSR count). The molecule has 0 spiro atoms. The molecule has 0 atom stereocenters. The molecule has 0 bridgehead atoms. The van der Waals surface area contributed by atoms with Crippen molar-refractivity contribution in [2.75, 3.05) is 0 Å². The largest absolute Gasteiger partial charge is 0.419 e. The fourth-order valence-corrected chi connectivity index (χ4v) is 4.52. The first-order valence-electron chi connectivity index (χ1n) is 8.17. The van der Waals surface area contributed by atoms with Crippen molar-refractivity contribution in [3.05, 3.63) is 28.7 Å². The van der Waals surface area contributed by atoms with Crippen molar-refractivity contribution < 1.29 is 12.8 Å². The number of rotatable bonds is 4. The second-order valence-electron chi connectivity index (χ2n) is 6.05. The third kappa shape index (κ3) is 3.35. The number of nitrogens with zero attached hydrogens (tertiary/aromatic N) is 1. The van der Waals surface area contributed by atoms with Gasteiger partial charge in [0.05, 0.1) is 10.4 Å². The summed E-state index contributed by atoms with van der Waals surface area (Å²) in [6, 6.07) is 4.58. The van der Waals surface area contributed by atoms with Gasteiger partial charge in [0, 0.05) is 18.7 Å². The molecule has 0 amide bonds. The fourth-order valence-electron chi connectivity index (χ4n) is 3.20. The maximum Gasteiger partial charge on any atom is 0.419 e. The third-order valence-electron chi connectivity index (χ3n) is 4.44. The molecular weight excluding hydrogens is 316 g/mol. The highest BCUT2D eigenvalue weighted by molar-refractivity contribution is 7.89. The van der Waals surface area contributed by atoms with Crippen molar-refractivity contribution in [2.24, 2.45) is 0 Å². The number of aryl methyl sites for hydroxylation is 1. The predicted molar refractivity (Wildman–Crippen MR) is 88.0 cm³/mol. The SMILES string of the molecule is CCn1c(=O)oc2cc(S(=O)(=O)NC3CCCCCC3)ccc21. The van der Waals surface area contributed by atoms with E-state index in [4.69, 9.17) is 4.42 Å². The molecule has 126 valence electrons. The minimum atomic E-state index is -3.60. The summed E-state index contributed by atoms with van der Waals surface area (Å²) in [5.74, 6) is -0.464. The maximum absolute atomic E-state index is 12.6. The molecule has 0 unspecified atom stereocenters. The first-order chi connectivity index (χ1) is 11.0. The molecular formula is C16H22N2O4S. The Labute approximate surface area is 135 Å². The van der Waals surface area contributed by atoms with Crippen LogP contribution in [0, 0.1) is 0 Å². The van der Waals surface area contributed by atoms with Crippen LogP contribution in [0.2, 0.25) is 0 Å². The zero-order valence-electron chi connectivity index (χ0n) is 13.2. The standard InChI is InChI=1S/C16H22N2O4S/c1-2-18-14-10-9-13(11-15(14)22-16(18)19)23(20,21)17-12-7-5-3-4-6-8-12/h9-12,17H,2-8H2,1H3. The van der Waals surface area contributed by atoms with E-state index in [1.807, 2.05) is 6.92 Å². The molecule has 1 saturated carbocycles. The molecule has 6 nitrogen and oxygen atoms in total. The zero-order chi connectivity index (χ0) is 16.4. The number of nitrogens with one attached hydrogen (secondary N) is 1. The molecule has 1 heterocycles. The van der Waals surface area contributed by atoms with Gasteiger partial charge < -0.3 is 4.42 Å². The first kappa shape index (κ1) is 16.3. The van der Waals surface area contributed by atoms with E-state index in [-0.39, 0.29) is 10.9 Å². The van der Waals surface area contributed by atoms with Gasteiger partial charge >= 0.3 is 5.76 Å². The summed E-state index contributed by atoms with van der Waals surface area (Å²) in [6.07, 6.45) is 6.20. The Kier molecular flexibility index (Phi) is 4.59. The summed E-state index contributed by atoms with van der Waals surface area (Å²) < 4.78 is 34.6. The Bertz CT molecular complexity index is 843. The van der Waals surface area contributed by atoms with E-state index in [0.717, 1.165) is 25.7 Å². The highest BCUT2D eigenvalue weighted by atomic mass is 32.2.